The van der Waals surface area contributed by atoms with Gasteiger partial charge in [0.05, 0.1) is 35.8 Å². The van der Waals surface area contributed by atoms with E-state index < -0.39 is 0 Å². The number of aromatic nitrogens is 3. The van der Waals surface area contributed by atoms with Crippen molar-refractivity contribution >= 4 is 16.9 Å². The Bertz CT molecular complexity index is 661. The second kappa shape index (κ2) is 6.87. The number of rotatable bonds is 6. The first-order valence-corrected chi connectivity index (χ1v) is 7.78. The third-order valence-corrected chi connectivity index (χ3v) is 4.00. The first-order chi connectivity index (χ1) is 10.5. The van der Waals surface area contributed by atoms with Crippen LogP contribution in [0.25, 0.3) is 11.0 Å². The van der Waals surface area contributed by atoms with Gasteiger partial charge in [0.1, 0.15) is 0 Å². The molecule has 0 fully saturated rings. The van der Waals surface area contributed by atoms with Gasteiger partial charge < -0.3 is 10.4 Å². The number of aliphatic hydroxyl groups is 1. The van der Waals surface area contributed by atoms with Crippen LogP contribution in [0, 0.1) is 6.92 Å². The molecule has 2 atom stereocenters. The third kappa shape index (κ3) is 3.11. The van der Waals surface area contributed by atoms with E-state index in [-0.39, 0.29) is 24.6 Å². The molecular weight excluding hydrogens is 280 g/mol. The molecule has 0 aliphatic carbocycles. The van der Waals surface area contributed by atoms with Crippen LogP contribution in [0.1, 0.15) is 55.7 Å². The lowest BCUT2D eigenvalue weighted by molar-refractivity contribution is 0.0916. The molecule has 22 heavy (non-hydrogen) atoms. The molecule has 0 saturated heterocycles. The smallest absolute Gasteiger partial charge is 0.252 e. The summed E-state index contributed by atoms with van der Waals surface area (Å²) in [5.74, 6) is -0.194. The Hall–Kier alpha value is -1.95. The highest BCUT2D eigenvalue weighted by Crippen LogP contribution is 2.22. The molecular formula is C16H24N4O2. The summed E-state index contributed by atoms with van der Waals surface area (Å²) < 4.78 is 1.86. The zero-order valence-electron chi connectivity index (χ0n) is 13.6. The minimum absolute atomic E-state index is 0.0679. The van der Waals surface area contributed by atoms with E-state index in [1.54, 1.807) is 12.3 Å². The second-order valence-corrected chi connectivity index (χ2v) is 5.66. The normalized spacial score (nSPS) is 14.0. The molecule has 0 spiro atoms. The van der Waals surface area contributed by atoms with E-state index in [2.05, 4.69) is 29.2 Å². The molecule has 0 saturated carbocycles. The Kier molecular flexibility index (Phi) is 5.13. The predicted molar refractivity (Wildman–Crippen MR) is 85.9 cm³/mol. The molecule has 2 N–H and O–H groups in total. The third-order valence-electron chi connectivity index (χ3n) is 4.00. The van der Waals surface area contributed by atoms with Crippen molar-refractivity contribution in [2.75, 3.05) is 6.61 Å². The number of aliphatic hydroxyl groups excluding tert-OH is 1. The van der Waals surface area contributed by atoms with Gasteiger partial charge in [-0.25, -0.2) is 9.67 Å². The molecule has 0 aliphatic rings. The highest BCUT2D eigenvalue weighted by molar-refractivity contribution is 6.05. The number of nitrogens with zero attached hydrogens (tertiary/aromatic N) is 3. The number of hydrogen-bond acceptors (Lipinski definition) is 4. The van der Waals surface area contributed by atoms with Gasteiger partial charge in [-0.3, -0.25) is 4.79 Å². The molecule has 2 unspecified atom stereocenters. The van der Waals surface area contributed by atoms with Crippen molar-refractivity contribution in [3.63, 3.8) is 0 Å². The first kappa shape index (κ1) is 16.4. The lowest BCUT2D eigenvalue weighted by atomic mass is 10.1. The van der Waals surface area contributed by atoms with Gasteiger partial charge in [-0.15, -0.1) is 0 Å². The van der Waals surface area contributed by atoms with Crippen LogP contribution in [0.5, 0.6) is 0 Å². The highest BCUT2D eigenvalue weighted by Gasteiger charge is 2.19. The van der Waals surface area contributed by atoms with Crippen molar-refractivity contribution in [1.82, 2.24) is 20.1 Å². The molecule has 2 heterocycles. The van der Waals surface area contributed by atoms with Crippen LogP contribution in [0.4, 0.5) is 0 Å². The van der Waals surface area contributed by atoms with Crippen LogP contribution in [-0.4, -0.2) is 38.4 Å². The van der Waals surface area contributed by atoms with E-state index in [4.69, 9.17) is 0 Å². The predicted octanol–water partition coefficient (Wildman–Crippen LogP) is 2.21. The van der Waals surface area contributed by atoms with Crippen LogP contribution in [0.3, 0.4) is 0 Å². The summed E-state index contributed by atoms with van der Waals surface area (Å²) in [6, 6.07) is 1.76. The average Bonchev–Trinajstić information content (AvgIpc) is 2.94. The van der Waals surface area contributed by atoms with Crippen LogP contribution in [0.15, 0.2) is 12.3 Å². The second-order valence-electron chi connectivity index (χ2n) is 5.66. The summed E-state index contributed by atoms with van der Waals surface area (Å²) in [7, 11) is 0. The highest BCUT2D eigenvalue weighted by atomic mass is 16.3. The van der Waals surface area contributed by atoms with Crippen LogP contribution in [-0.2, 0) is 0 Å². The molecule has 2 aromatic heterocycles. The number of carbonyl (C=O) groups is 1. The maximum atomic E-state index is 12.5. The molecule has 6 heteroatoms. The Morgan fingerprint density at radius 2 is 2.14 bits per heavy atom. The van der Waals surface area contributed by atoms with Crippen LogP contribution < -0.4 is 5.32 Å². The van der Waals surface area contributed by atoms with Crippen LogP contribution in [0.2, 0.25) is 0 Å². The molecule has 120 valence electrons. The van der Waals surface area contributed by atoms with Crippen molar-refractivity contribution in [2.24, 2.45) is 0 Å². The summed E-state index contributed by atoms with van der Waals surface area (Å²) in [5.41, 5.74) is 2.07. The number of carbonyl (C=O) groups excluding carboxylic acids is 1. The zero-order chi connectivity index (χ0) is 16.3. The minimum Gasteiger partial charge on any atom is -0.394 e. The van der Waals surface area contributed by atoms with E-state index in [9.17, 15) is 9.90 Å². The SMILES string of the molecule is CCC(CO)NC(=O)c1cc(C)nc2c1cnn2C(C)CC. The maximum Gasteiger partial charge on any atom is 0.252 e. The van der Waals surface area contributed by atoms with Gasteiger partial charge >= 0.3 is 0 Å². The number of pyridine rings is 1. The molecule has 2 rings (SSSR count). The molecule has 0 radical (unpaired) electrons. The lowest BCUT2D eigenvalue weighted by Gasteiger charge is -2.15. The Labute approximate surface area is 130 Å². The summed E-state index contributed by atoms with van der Waals surface area (Å²) in [6.45, 7) is 7.90. The monoisotopic (exact) mass is 304 g/mol. The van der Waals surface area contributed by atoms with Crippen molar-refractivity contribution < 1.29 is 9.90 Å². The standard InChI is InChI=1S/C16H24N4O2/c1-5-11(4)20-15-14(8-17-20)13(7-10(3)18-15)16(22)19-12(6-2)9-21/h7-8,11-12,21H,5-6,9H2,1-4H3,(H,19,22). The zero-order valence-corrected chi connectivity index (χ0v) is 13.6. The first-order valence-electron chi connectivity index (χ1n) is 7.78. The molecule has 0 bridgehead atoms. The van der Waals surface area contributed by atoms with Crippen molar-refractivity contribution in [3.05, 3.63) is 23.5 Å². The molecule has 6 nitrogen and oxygen atoms in total. The Morgan fingerprint density at radius 3 is 2.73 bits per heavy atom. The van der Waals surface area contributed by atoms with Crippen LogP contribution >= 0.6 is 0 Å². The quantitative estimate of drug-likeness (QED) is 0.857. The minimum atomic E-state index is -0.236. The van der Waals surface area contributed by atoms with Gasteiger partial charge in [0.2, 0.25) is 0 Å². The van der Waals surface area contributed by atoms with E-state index >= 15 is 0 Å². The van der Waals surface area contributed by atoms with Crippen molar-refractivity contribution in [3.8, 4) is 0 Å². The molecule has 0 aliphatic heterocycles. The summed E-state index contributed by atoms with van der Waals surface area (Å²) in [6.07, 6.45) is 3.32. The van der Waals surface area contributed by atoms with Gasteiger partial charge in [0.25, 0.3) is 5.91 Å². The number of hydrogen-bond donors (Lipinski definition) is 2. The average molecular weight is 304 g/mol. The largest absolute Gasteiger partial charge is 0.394 e. The molecule has 0 aromatic carbocycles. The van der Waals surface area contributed by atoms with Crippen molar-refractivity contribution in [1.29, 1.82) is 0 Å². The summed E-state index contributed by atoms with van der Waals surface area (Å²) in [4.78, 5) is 17.0. The maximum absolute atomic E-state index is 12.5. The number of nitrogens with one attached hydrogen (secondary N) is 1. The fourth-order valence-electron chi connectivity index (χ4n) is 2.37. The Morgan fingerprint density at radius 1 is 1.41 bits per heavy atom. The number of aryl methyl sites for hydroxylation is 1. The summed E-state index contributed by atoms with van der Waals surface area (Å²) in [5, 5.41) is 17.2. The van der Waals surface area contributed by atoms with Gasteiger partial charge in [-0.2, -0.15) is 5.10 Å². The number of fused-ring (bicyclic) bond motifs is 1. The molecule has 1 amide bonds. The van der Waals surface area contributed by atoms with E-state index in [0.717, 1.165) is 23.1 Å². The summed E-state index contributed by atoms with van der Waals surface area (Å²) >= 11 is 0. The fourth-order valence-corrected chi connectivity index (χ4v) is 2.37. The number of amides is 1. The van der Waals surface area contributed by atoms with E-state index in [0.29, 0.717) is 12.0 Å². The molecule has 2 aromatic rings. The van der Waals surface area contributed by atoms with Gasteiger partial charge in [0, 0.05) is 5.69 Å². The fraction of sp³-hybridized carbons (Fsp3) is 0.562. The topological polar surface area (TPSA) is 80.0 Å². The lowest BCUT2D eigenvalue weighted by Crippen LogP contribution is -2.37. The van der Waals surface area contributed by atoms with E-state index in [1.165, 1.54) is 0 Å². The van der Waals surface area contributed by atoms with Crippen molar-refractivity contribution in [2.45, 2.75) is 52.6 Å². The van der Waals surface area contributed by atoms with Gasteiger partial charge in [-0.05, 0) is 32.8 Å². The van der Waals surface area contributed by atoms with E-state index in [1.807, 2.05) is 18.5 Å². The van der Waals surface area contributed by atoms with Gasteiger partial charge in [0.15, 0.2) is 5.65 Å². The Balaban J connectivity index is 2.46. The van der Waals surface area contributed by atoms with Gasteiger partial charge in [-0.1, -0.05) is 13.8 Å².